The second-order valence-electron chi connectivity index (χ2n) is 9.50. The number of aliphatic hydroxyl groups excluding tert-OH is 1. The molecule has 0 aromatic carbocycles. The Balaban J connectivity index is 1.77. The average Bonchev–Trinajstić information content (AvgIpc) is 2.76. The van der Waals surface area contributed by atoms with Gasteiger partial charge in [-0.1, -0.05) is 19.4 Å². The zero-order valence-corrected chi connectivity index (χ0v) is 15.5. The number of fused-ring (bicyclic) bond motifs is 5. The van der Waals surface area contributed by atoms with E-state index < -0.39 is 17.1 Å². The molecule has 4 heteroatoms. The molecule has 0 saturated heterocycles. The summed E-state index contributed by atoms with van der Waals surface area (Å²) in [4.78, 5) is 24.1. The summed E-state index contributed by atoms with van der Waals surface area (Å²) in [6.45, 7) is 5.86. The van der Waals surface area contributed by atoms with Crippen LogP contribution in [-0.4, -0.2) is 33.5 Å². The molecule has 0 bridgehead atoms. The predicted molar refractivity (Wildman–Crippen MR) is 93.7 cm³/mol. The van der Waals surface area contributed by atoms with Gasteiger partial charge in [-0.2, -0.15) is 0 Å². The quantitative estimate of drug-likeness (QED) is 0.766. The maximum absolute atomic E-state index is 12.2. The number of Topliss-reactive ketones (excluding diaryl/α,β-unsaturated/α-hetero) is 1. The molecule has 0 unspecified atom stereocenters. The van der Waals surface area contributed by atoms with E-state index in [1.807, 2.05) is 13.0 Å². The first-order valence-electron chi connectivity index (χ1n) is 9.79. The summed E-state index contributed by atoms with van der Waals surface area (Å²) < 4.78 is 0. The zero-order chi connectivity index (χ0) is 18.2. The van der Waals surface area contributed by atoms with Crippen molar-refractivity contribution < 1.29 is 19.8 Å². The summed E-state index contributed by atoms with van der Waals surface area (Å²) in [6.07, 6.45) is 6.16. The molecule has 4 aliphatic carbocycles. The Morgan fingerprint density at radius 3 is 2.56 bits per heavy atom. The second kappa shape index (κ2) is 5.26. The fourth-order valence-corrected chi connectivity index (χ4v) is 7.20. The second-order valence-corrected chi connectivity index (χ2v) is 9.50. The number of carbonyl (C=O) groups is 2. The van der Waals surface area contributed by atoms with Crippen LogP contribution in [0.4, 0.5) is 0 Å². The molecule has 25 heavy (non-hydrogen) atoms. The molecule has 0 spiro atoms. The van der Waals surface area contributed by atoms with Gasteiger partial charge in [-0.15, -0.1) is 0 Å². The number of allylic oxidation sites excluding steroid dienone is 1. The van der Waals surface area contributed by atoms with Gasteiger partial charge < -0.3 is 10.2 Å². The number of hydrogen-bond acceptors (Lipinski definition) is 4. The third-order valence-corrected chi connectivity index (χ3v) is 8.67. The monoisotopic (exact) mass is 346 g/mol. The smallest absolute Gasteiger partial charge is 0.155 e. The fraction of sp³-hybridized carbons (Fsp3) is 0.810. The van der Waals surface area contributed by atoms with Crippen molar-refractivity contribution >= 4 is 11.6 Å². The molecule has 0 amide bonds. The highest BCUT2D eigenvalue weighted by Crippen LogP contribution is 2.68. The predicted octanol–water partition coefficient (Wildman–Crippen LogP) is 2.81. The lowest BCUT2D eigenvalue weighted by Crippen LogP contribution is -2.64. The fourth-order valence-electron chi connectivity index (χ4n) is 7.20. The van der Waals surface area contributed by atoms with E-state index >= 15 is 0 Å². The summed E-state index contributed by atoms with van der Waals surface area (Å²) in [6, 6.07) is 0. The van der Waals surface area contributed by atoms with E-state index in [4.69, 9.17) is 0 Å². The topological polar surface area (TPSA) is 74.6 Å². The van der Waals surface area contributed by atoms with Gasteiger partial charge in [0.2, 0.25) is 0 Å². The first-order valence-corrected chi connectivity index (χ1v) is 9.79. The van der Waals surface area contributed by atoms with Crippen LogP contribution in [0.1, 0.15) is 65.7 Å². The minimum atomic E-state index is -1.19. The Morgan fingerprint density at radius 2 is 1.88 bits per heavy atom. The molecule has 0 heterocycles. The van der Waals surface area contributed by atoms with Crippen LogP contribution in [0.15, 0.2) is 11.6 Å². The van der Waals surface area contributed by atoms with Crippen LogP contribution in [0.3, 0.4) is 0 Å². The minimum absolute atomic E-state index is 0.000882. The molecule has 4 aliphatic rings. The first-order chi connectivity index (χ1) is 11.6. The van der Waals surface area contributed by atoms with Gasteiger partial charge in [-0.05, 0) is 68.8 Å². The molecule has 4 rings (SSSR count). The van der Waals surface area contributed by atoms with Crippen molar-refractivity contribution in [3.05, 3.63) is 11.6 Å². The van der Waals surface area contributed by atoms with Gasteiger partial charge in [-0.25, -0.2) is 0 Å². The summed E-state index contributed by atoms with van der Waals surface area (Å²) in [5.41, 5.74) is -0.543. The number of hydrogen-bond donors (Lipinski definition) is 2. The van der Waals surface area contributed by atoms with E-state index in [0.717, 1.165) is 32.1 Å². The molecule has 3 saturated carbocycles. The lowest BCUT2D eigenvalue weighted by molar-refractivity contribution is -0.216. The van der Waals surface area contributed by atoms with E-state index in [9.17, 15) is 19.8 Å². The molecular weight excluding hydrogens is 316 g/mol. The summed E-state index contributed by atoms with van der Waals surface area (Å²) >= 11 is 0. The molecule has 0 aromatic rings. The van der Waals surface area contributed by atoms with Gasteiger partial charge in [0.05, 0.1) is 11.7 Å². The third kappa shape index (κ3) is 2.01. The highest BCUT2D eigenvalue weighted by atomic mass is 16.3. The Bertz CT molecular complexity index is 667. The van der Waals surface area contributed by atoms with Gasteiger partial charge in [0, 0.05) is 17.8 Å². The molecule has 138 valence electrons. The maximum Gasteiger partial charge on any atom is 0.155 e. The van der Waals surface area contributed by atoms with Gasteiger partial charge in [0.1, 0.15) is 5.78 Å². The lowest BCUT2D eigenvalue weighted by atomic mass is 9.45. The Morgan fingerprint density at radius 1 is 1.16 bits per heavy atom. The van der Waals surface area contributed by atoms with Crippen LogP contribution < -0.4 is 0 Å². The molecule has 4 nitrogen and oxygen atoms in total. The van der Waals surface area contributed by atoms with Crippen molar-refractivity contribution in [1.82, 2.24) is 0 Å². The normalized spacial score (nSPS) is 52.0. The molecule has 2 N–H and O–H groups in total. The van der Waals surface area contributed by atoms with Gasteiger partial charge in [0.25, 0.3) is 0 Å². The maximum atomic E-state index is 12.2. The molecular formula is C21H30O4. The Labute approximate surface area is 149 Å². The third-order valence-electron chi connectivity index (χ3n) is 8.67. The largest absolute Gasteiger partial charge is 0.390 e. The number of carbonyl (C=O) groups excluding carboxylic acids is 2. The SMILES string of the molecule is CC(=O)[C@H]1C[C@H](O)[C@]2(O)[C@@H]3CCC4=CC(=O)CC[C@]4(C)[C@H]3CC[C@]12C. The van der Waals surface area contributed by atoms with Crippen LogP contribution in [0.2, 0.25) is 0 Å². The first kappa shape index (κ1) is 17.4. The van der Waals surface area contributed by atoms with E-state index in [0.29, 0.717) is 12.8 Å². The van der Waals surface area contributed by atoms with Crippen molar-refractivity contribution in [3.8, 4) is 0 Å². The summed E-state index contributed by atoms with van der Waals surface area (Å²) in [7, 11) is 0. The zero-order valence-electron chi connectivity index (χ0n) is 15.5. The van der Waals surface area contributed by atoms with E-state index in [1.54, 1.807) is 6.92 Å². The van der Waals surface area contributed by atoms with Gasteiger partial charge in [-0.3, -0.25) is 9.59 Å². The highest BCUT2D eigenvalue weighted by Gasteiger charge is 2.70. The highest BCUT2D eigenvalue weighted by molar-refractivity contribution is 5.91. The van der Waals surface area contributed by atoms with Gasteiger partial charge in [0.15, 0.2) is 5.78 Å². The van der Waals surface area contributed by atoms with Crippen LogP contribution in [-0.2, 0) is 9.59 Å². The minimum Gasteiger partial charge on any atom is -0.390 e. The number of rotatable bonds is 1. The van der Waals surface area contributed by atoms with Crippen molar-refractivity contribution in [2.45, 2.75) is 77.4 Å². The van der Waals surface area contributed by atoms with Gasteiger partial charge >= 0.3 is 0 Å². The van der Waals surface area contributed by atoms with E-state index in [2.05, 4.69) is 6.92 Å². The molecule has 0 aliphatic heterocycles. The van der Waals surface area contributed by atoms with E-state index in [-0.39, 0.29) is 34.7 Å². The summed E-state index contributed by atoms with van der Waals surface area (Å²) in [5.74, 6) is 0.329. The van der Waals surface area contributed by atoms with Crippen LogP contribution in [0.25, 0.3) is 0 Å². The van der Waals surface area contributed by atoms with Crippen LogP contribution in [0.5, 0.6) is 0 Å². The van der Waals surface area contributed by atoms with Crippen molar-refractivity contribution in [1.29, 1.82) is 0 Å². The van der Waals surface area contributed by atoms with Crippen molar-refractivity contribution in [2.24, 2.45) is 28.6 Å². The number of ketones is 2. The van der Waals surface area contributed by atoms with Crippen LogP contribution in [0, 0.1) is 28.6 Å². The van der Waals surface area contributed by atoms with Crippen molar-refractivity contribution in [2.75, 3.05) is 0 Å². The standard InChI is InChI=1S/C21H30O4/c1-12(22)17-11-18(24)21(25)16-5-4-13-10-14(23)6-8-19(13,2)15(16)7-9-20(17,21)3/h10,15-18,24-25H,4-9,11H2,1-3H3/t15-,16+,17+,18-,19-,20+,21+/m0/s1. The Kier molecular flexibility index (Phi) is 3.66. The summed E-state index contributed by atoms with van der Waals surface area (Å²) in [5, 5.41) is 22.7. The molecule has 0 aromatic heterocycles. The van der Waals surface area contributed by atoms with E-state index in [1.165, 1.54) is 5.57 Å². The average molecular weight is 346 g/mol. The number of aliphatic hydroxyl groups is 2. The molecule has 0 radical (unpaired) electrons. The lowest BCUT2D eigenvalue weighted by Gasteiger charge is -2.61. The molecule has 7 atom stereocenters. The Hall–Kier alpha value is -1.00. The molecule has 3 fully saturated rings. The van der Waals surface area contributed by atoms with Crippen molar-refractivity contribution in [3.63, 3.8) is 0 Å². The van der Waals surface area contributed by atoms with Crippen LogP contribution >= 0.6 is 0 Å².